The minimum Gasteiger partial charge on any atom is -0.504 e. The predicted octanol–water partition coefficient (Wildman–Crippen LogP) is 4.58. The number of ether oxygens (including phenoxy) is 1. The minimum absolute atomic E-state index is 0.0910. The van der Waals surface area contributed by atoms with Gasteiger partial charge in [0.1, 0.15) is 0 Å². The van der Waals surface area contributed by atoms with Crippen molar-refractivity contribution in [3.05, 3.63) is 58.4 Å². The third-order valence-corrected chi connectivity index (χ3v) is 4.16. The zero-order valence-electron chi connectivity index (χ0n) is 12.9. The highest BCUT2D eigenvalue weighted by atomic mass is 32.1. The highest BCUT2D eigenvalue weighted by molar-refractivity contribution is 7.09. The Bertz CT molecular complexity index is 838. The molecule has 0 aliphatic carbocycles. The first kappa shape index (κ1) is 15.2. The third kappa shape index (κ3) is 3.40. The first-order valence-corrected chi connectivity index (χ1v) is 7.98. The fourth-order valence-electron chi connectivity index (χ4n) is 2.17. The smallest absolute Gasteiger partial charge is 0.166 e. The molecule has 0 unspecified atom stereocenters. The molecule has 2 aromatic carbocycles. The van der Waals surface area contributed by atoms with Gasteiger partial charge >= 0.3 is 0 Å². The van der Waals surface area contributed by atoms with Crippen LogP contribution in [0.25, 0.3) is 11.3 Å². The molecule has 1 aromatic heterocycles. The molecule has 4 nitrogen and oxygen atoms in total. The molecule has 3 aromatic rings. The molecule has 0 bridgehead atoms. The molecule has 5 heteroatoms. The minimum atomic E-state index is 0.0910. The SMILES string of the molecule is COc1cccc(C=Nc2ccc(-c3csc(C)n3)cc2)c1O. The van der Waals surface area contributed by atoms with E-state index in [0.717, 1.165) is 22.0 Å². The van der Waals surface area contributed by atoms with Crippen LogP contribution >= 0.6 is 11.3 Å². The van der Waals surface area contributed by atoms with Gasteiger partial charge < -0.3 is 9.84 Å². The quantitative estimate of drug-likeness (QED) is 0.715. The maximum atomic E-state index is 10.0. The molecule has 0 radical (unpaired) electrons. The van der Waals surface area contributed by atoms with Crippen LogP contribution in [0, 0.1) is 6.92 Å². The number of aromatic nitrogens is 1. The lowest BCUT2D eigenvalue weighted by Crippen LogP contribution is -1.88. The number of aryl methyl sites for hydroxylation is 1. The van der Waals surface area contributed by atoms with Gasteiger partial charge in [-0.2, -0.15) is 0 Å². The number of thiazole rings is 1. The first-order chi connectivity index (χ1) is 11.2. The summed E-state index contributed by atoms with van der Waals surface area (Å²) >= 11 is 1.64. The van der Waals surface area contributed by atoms with Gasteiger partial charge in [-0.05, 0) is 31.2 Å². The van der Waals surface area contributed by atoms with Gasteiger partial charge in [0.2, 0.25) is 0 Å². The highest BCUT2D eigenvalue weighted by Gasteiger charge is 2.05. The molecule has 0 spiro atoms. The average Bonchev–Trinajstić information content (AvgIpc) is 3.01. The van der Waals surface area contributed by atoms with Gasteiger partial charge in [0.05, 0.1) is 23.5 Å². The van der Waals surface area contributed by atoms with Crippen molar-refractivity contribution in [1.82, 2.24) is 4.98 Å². The van der Waals surface area contributed by atoms with E-state index >= 15 is 0 Å². The van der Waals surface area contributed by atoms with Crippen LogP contribution < -0.4 is 4.74 Å². The van der Waals surface area contributed by atoms with Crippen molar-refractivity contribution in [3.63, 3.8) is 0 Å². The van der Waals surface area contributed by atoms with Crippen molar-refractivity contribution in [2.24, 2.45) is 4.99 Å². The number of nitrogens with zero attached hydrogens (tertiary/aromatic N) is 2. The van der Waals surface area contributed by atoms with Gasteiger partial charge in [-0.1, -0.05) is 18.2 Å². The van der Waals surface area contributed by atoms with Crippen molar-refractivity contribution in [3.8, 4) is 22.8 Å². The summed E-state index contributed by atoms with van der Waals surface area (Å²) in [5.74, 6) is 0.525. The summed E-state index contributed by atoms with van der Waals surface area (Å²) in [5, 5.41) is 13.1. The largest absolute Gasteiger partial charge is 0.504 e. The van der Waals surface area contributed by atoms with Crippen LogP contribution in [-0.4, -0.2) is 23.4 Å². The highest BCUT2D eigenvalue weighted by Crippen LogP contribution is 2.29. The molecule has 0 amide bonds. The Morgan fingerprint density at radius 1 is 1.17 bits per heavy atom. The topological polar surface area (TPSA) is 54.7 Å². The number of methoxy groups -OCH3 is 1. The fraction of sp³-hybridized carbons (Fsp3) is 0.111. The zero-order valence-corrected chi connectivity index (χ0v) is 13.7. The Balaban J connectivity index is 1.81. The van der Waals surface area contributed by atoms with E-state index in [4.69, 9.17) is 4.74 Å². The molecule has 3 rings (SSSR count). The summed E-state index contributed by atoms with van der Waals surface area (Å²) in [6, 6.07) is 13.1. The van der Waals surface area contributed by atoms with Gasteiger partial charge in [-0.25, -0.2) is 4.98 Å². The van der Waals surface area contributed by atoms with E-state index in [2.05, 4.69) is 9.98 Å². The average molecular weight is 324 g/mol. The Morgan fingerprint density at radius 3 is 2.61 bits per heavy atom. The lowest BCUT2D eigenvalue weighted by Gasteiger charge is -2.04. The molecule has 0 aliphatic rings. The molecule has 0 saturated carbocycles. The number of hydrogen-bond acceptors (Lipinski definition) is 5. The maximum absolute atomic E-state index is 10.0. The molecule has 116 valence electrons. The maximum Gasteiger partial charge on any atom is 0.166 e. The van der Waals surface area contributed by atoms with Crippen molar-refractivity contribution in [1.29, 1.82) is 0 Å². The van der Waals surface area contributed by atoms with Crippen LogP contribution in [-0.2, 0) is 0 Å². The van der Waals surface area contributed by atoms with Crippen molar-refractivity contribution < 1.29 is 9.84 Å². The summed E-state index contributed by atoms with van der Waals surface area (Å²) in [6.07, 6.45) is 1.62. The van der Waals surface area contributed by atoms with Crippen LogP contribution in [0.15, 0.2) is 52.8 Å². The predicted molar refractivity (Wildman–Crippen MR) is 94.2 cm³/mol. The Morgan fingerprint density at radius 2 is 1.96 bits per heavy atom. The van der Waals surface area contributed by atoms with Gasteiger partial charge in [-0.15, -0.1) is 11.3 Å². The number of benzene rings is 2. The fourth-order valence-corrected chi connectivity index (χ4v) is 2.79. The summed E-state index contributed by atoms with van der Waals surface area (Å²) in [5.41, 5.74) is 3.47. The molecule has 0 saturated heterocycles. The summed E-state index contributed by atoms with van der Waals surface area (Å²) < 4.78 is 5.09. The normalized spacial score (nSPS) is 11.0. The van der Waals surface area contributed by atoms with Crippen LogP contribution in [0.2, 0.25) is 0 Å². The number of aromatic hydroxyl groups is 1. The summed E-state index contributed by atoms with van der Waals surface area (Å²) in [6.45, 7) is 1.99. The van der Waals surface area contributed by atoms with Gasteiger partial charge in [-0.3, -0.25) is 4.99 Å². The molecule has 0 aliphatic heterocycles. The summed E-state index contributed by atoms with van der Waals surface area (Å²) in [4.78, 5) is 8.86. The lowest BCUT2D eigenvalue weighted by molar-refractivity contribution is 0.373. The second-order valence-electron chi connectivity index (χ2n) is 4.95. The van der Waals surface area contributed by atoms with Gasteiger partial charge in [0.15, 0.2) is 11.5 Å². The zero-order chi connectivity index (χ0) is 16.2. The Labute approximate surface area is 138 Å². The van der Waals surface area contributed by atoms with Crippen LogP contribution in [0.3, 0.4) is 0 Å². The first-order valence-electron chi connectivity index (χ1n) is 7.10. The van der Waals surface area contributed by atoms with E-state index in [0.29, 0.717) is 11.3 Å². The Hall–Kier alpha value is -2.66. The standard InChI is InChI=1S/C18H16N2O2S/c1-12-20-16(11-23-12)13-6-8-15(9-7-13)19-10-14-4-3-5-17(22-2)18(14)21/h3-11,21H,1-2H3. The van der Waals surface area contributed by atoms with E-state index in [-0.39, 0.29) is 5.75 Å². The van der Waals surface area contributed by atoms with Crippen LogP contribution in [0.1, 0.15) is 10.6 Å². The molecule has 1 heterocycles. The number of hydrogen-bond donors (Lipinski definition) is 1. The van der Waals surface area contributed by atoms with Crippen molar-refractivity contribution in [2.45, 2.75) is 6.92 Å². The van der Waals surface area contributed by atoms with Crippen molar-refractivity contribution in [2.75, 3.05) is 7.11 Å². The number of phenolic OH excluding ortho intramolecular Hbond substituents is 1. The van der Waals surface area contributed by atoms with E-state index in [1.54, 1.807) is 29.7 Å². The lowest BCUT2D eigenvalue weighted by atomic mass is 10.1. The van der Waals surface area contributed by atoms with E-state index < -0.39 is 0 Å². The second-order valence-corrected chi connectivity index (χ2v) is 6.02. The van der Waals surface area contributed by atoms with E-state index in [9.17, 15) is 5.11 Å². The molecular weight excluding hydrogens is 308 g/mol. The summed E-state index contributed by atoms with van der Waals surface area (Å²) in [7, 11) is 1.52. The van der Waals surface area contributed by atoms with E-state index in [1.807, 2.05) is 42.6 Å². The molecular formula is C18H16N2O2S. The molecule has 23 heavy (non-hydrogen) atoms. The third-order valence-electron chi connectivity index (χ3n) is 3.38. The van der Waals surface area contributed by atoms with Crippen molar-refractivity contribution >= 4 is 23.2 Å². The second kappa shape index (κ2) is 6.62. The molecule has 0 fully saturated rings. The van der Waals surface area contributed by atoms with Gasteiger partial charge in [0, 0.05) is 22.7 Å². The molecule has 0 atom stereocenters. The monoisotopic (exact) mass is 324 g/mol. The van der Waals surface area contributed by atoms with Crippen LogP contribution in [0.4, 0.5) is 5.69 Å². The number of rotatable bonds is 4. The van der Waals surface area contributed by atoms with Crippen LogP contribution in [0.5, 0.6) is 11.5 Å². The number of phenols is 1. The molecule has 1 N–H and O–H groups in total. The van der Waals surface area contributed by atoms with E-state index in [1.165, 1.54) is 7.11 Å². The van der Waals surface area contributed by atoms with Gasteiger partial charge in [0.25, 0.3) is 0 Å². The number of aliphatic imine (C=N–C) groups is 1. The number of para-hydroxylation sites is 1. The Kier molecular flexibility index (Phi) is 4.39.